The highest BCUT2D eigenvalue weighted by molar-refractivity contribution is 5.73. The van der Waals surface area contributed by atoms with E-state index in [4.69, 9.17) is 4.74 Å². The lowest BCUT2D eigenvalue weighted by Gasteiger charge is -2.19. The second-order valence-corrected chi connectivity index (χ2v) is 7.39. The molecular weight excluding hydrogens is 357 g/mol. The first kappa shape index (κ1) is 20.0. The summed E-state index contributed by atoms with van der Waals surface area (Å²) >= 11 is 0. The Morgan fingerprint density at radius 2 is 1.86 bits per heavy atom. The fourth-order valence-electron chi connectivity index (χ4n) is 3.53. The van der Waals surface area contributed by atoms with Gasteiger partial charge in [0.25, 0.3) is 0 Å². The van der Waals surface area contributed by atoms with Crippen LogP contribution in [0.5, 0.6) is 5.75 Å². The summed E-state index contributed by atoms with van der Waals surface area (Å²) in [7, 11) is 0. The minimum absolute atomic E-state index is 0.177. The molecule has 1 saturated heterocycles. The van der Waals surface area contributed by atoms with E-state index in [9.17, 15) is 9.18 Å². The summed E-state index contributed by atoms with van der Waals surface area (Å²) in [6.07, 6.45) is 1.01. The lowest BCUT2D eigenvalue weighted by molar-refractivity contribution is 0.235. The zero-order valence-corrected chi connectivity index (χ0v) is 16.5. The number of ether oxygens (including phenoxy) is 1. The maximum atomic E-state index is 13.0. The molecule has 2 aromatic carbocycles. The van der Waals surface area contributed by atoms with Crippen LogP contribution < -0.4 is 20.3 Å². The van der Waals surface area contributed by atoms with Crippen LogP contribution in [0.4, 0.5) is 14.9 Å². The Labute approximate surface area is 165 Å². The smallest absolute Gasteiger partial charge is 0.314 e. The molecule has 0 saturated carbocycles. The van der Waals surface area contributed by atoms with Gasteiger partial charge in [-0.3, -0.25) is 0 Å². The van der Waals surface area contributed by atoms with Crippen molar-refractivity contribution in [1.29, 1.82) is 0 Å². The average Bonchev–Trinajstić information content (AvgIpc) is 3.12. The molecule has 0 aromatic heterocycles. The van der Waals surface area contributed by atoms with Gasteiger partial charge in [0.1, 0.15) is 18.2 Å². The van der Waals surface area contributed by atoms with Crippen molar-refractivity contribution >= 4 is 11.7 Å². The Morgan fingerprint density at radius 3 is 2.57 bits per heavy atom. The summed E-state index contributed by atoms with van der Waals surface area (Å²) < 4.78 is 18.7. The molecule has 3 rings (SSSR count). The molecule has 0 bridgehead atoms. The van der Waals surface area contributed by atoms with Crippen LogP contribution in [-0.4, -0.2) is 38.8 Å². The first-order chi connectivity index (χ1) is 13.5. The monoisotopic (exact) mass is 385 g/mol. The normalized spacial score (nSPS) is 16.1. The number of nitrogens with one attached hydrogen (secondary N) is 2. The number of carbonyl (C=O) groups is 1. The standard InChI is InChI=1S/C22H28FN3O2/c1-16-11-17(2)13-21(12-16)28-10-8-24-22(27)25-14-18-7-9-26(15-18)20-5-3-19(23)4-6-20/h3-6,11-13,18H,7-10,14-15H2,1-2H3,(H2,24,25,27). The minimum Gasteiger partial charge on any atom is -0.492 e. The predicted molar refractivity (Wildman–Crippen MR) is 110 cm³/mol. The molecule has 5 nitrogen and oxygen atoms in total. The van der Waals surface area contributed by atoms with Crippen LogP contribution in [0, 0.1) is 25.6 Å². The van der Waals surface area contributed by atoms with Crippen molar-refractivity contribution in [2.24, 2.45) is 5.92 Å². The number of amides is 2. The summed E-state index contributed by atoms with van der Waals surface area (Å²) in [5.74, 6) is 0.994. The van der Waals surface area contributed by atoms with E-state index in [2.05, 4.69) is 21.6 Å². The first-order valence-corrected chi connectivity index (χ1v) is 9.73. The van der Waals surface area contributed by atoms with Crippen LogP contribution in [-0.2, 0) is 0 Å². The highest BCUT2D eigenvalue weighted by atomic mass is 19.1. The number of halogens is 1. The average molecular weight is 385 g/mol. The Balaban J connectivity index is 1.32. The van der Waals surface area contributed by atoms with E-state index in [1.54, 1.807) is 12.1 Å². The summed E-state index contributed by atoms with van der Waals surface area (Å²) in [5, 5.41) is 5.76. The highest BCUT2D eigenvalue weighted by Crippen LogP contribution is 2.23. The lowest BCUT2D eigenvalue weighted by Crippen LogP contribution is -2.40. The van der Waals surface area contributed by atoms with Crippen LogP contribution >= 0.6 is 0 Å². The fraction of sp³-hybridized carbons (Fsp3) is 0.409. The first-order valence-electron chi connectivity index (χ1n) is 9.73. The number of carbonyl (C=O) groups excluding carboxylic acids is 1. The highest BCUT2D eigenvalue weighted by Gasteiger charge is 2.23. The third-order valence-corrected chi connectivity index (χ3v) is 4.88. The molecule has 2 N–H and O–H groups in total. The second kappa shape index (κ2) is 9.44. The molecule has 28 heavy (non-hydrogen) atoms. The third-order valence-electron chi connectivity index (χ3n) is 4.88. The Morgan fingerprint density at radius 1 is 1.14 bits per heavy atom. The van der Waals surface area contributed by atoms with Crippen LogP contribution in [0.3, 0.4) is 0 Å². The quantitative estimate of drug-likeness (QED) is 0.716. The number of hydrogen-bond donors (Lipinski definition) is 2. The van der Waals surface area contributed by atoms with Gasteiger partial charge in [0.2, 0.25) is 0 Å². The van der Waals surface area contributed by atoms with Gasteiger partial charge in [0, 0.05) is 25.3 Å². The van der Waals surface area contributed by atoms with Crippen molar-refractivity contribution in [2.75, 3.05) is 37.7 Å². The van der Waals surface area contributed by atoms with Crippen LogP contribution in [0.15, 0.2) is 42.5 Å². The Hall–Kier alpha value is -2.76. The van der Waals surface area contributed by atoms with Crippen molar-refractivity contribution in [3.63, 3.8) is 0 Å². The molecule has 2 aromatic rings. The maximum Gasteiger partial charge on any atom is 0.314 e. The van der Waals surface area contributed by atoms with Gasteiger partial charge in [-0.1, -0.05) is 6.07 Å². The molecule has 0 spiro atoms. The number of rotatable bonds is 7. The summed E-state index contributed by atoms with van der Waals surface area (Å²) in [5.41, 5.74) is 3.34. The molecule has 1 unspecified atom stereocenters. The molecular formula is C22H28FN3O2. The number of anilines is 1. The molecule has 6 heteroatoms. The number of urea groups is 1. The van der Waals surface area contributed by atoms with Crippen molar-refractivity contribution in [1.82, 2.24) is 10.6 Å². The summed E-state index contributed by atoms with van der Waals surface area (Å²) in [4.78, 5) is 14.2. The third kappa shape index (κ3) is 5.87. The van der Waals surface area contributed by atoms with Crippen molar-refractivity contribution in [3.05, 3.63) is 59.4 Å². The van der Waals surface area contributed by atoms with Gasteiger partial charge in [-0.15, -0.1) is 0 Å². The van der Waals surface area contributed by atoms with Crippen LogP contribution in [0.25, 0.3) is 0 Å². The van der Waals surface area contributed by atoms with Crippen molar-refractivity contribution in [2.45, 2.75) is 20.3 Å². The van der Waals surface area contributed by atoms with E-state index >= 15 is 0 Å². The van der Waals surface area contributed by atoms with E-state index in [0.717, 1.165) is 42.1 Å². The summed E-state index contributed by atoms with van der Waals surface area (Å²) in [6.45, 7) is 7.35. The number of nitrogens with zero attached hydrogens (tertiary/aromatic N) is 1. The predicted octanol–water partition coefficient (Wildman–Crippen LogP) is 3.65. The SMILES string of the molecule is Cc1cc(C)cc(OCCNC(=O)NCC2CCN(c3ccc(F)cc3)C2)c1. The molecule has 1 atom stereocenters. The molecule has 1 aliphatic heterocycles. The van der Waals surface area contributed by atoms with Gasteiger partial charge in [0.05, 0.1) is 6.54 Å². The van der Waals surface area contributed by atoms with Gasteiger partial charge in [-0.05, 0) is 73.7 Å². The number of aryl methyl sites for hydroxylation is 2. The summed E-state index contributed by atoms with van der Waals surface area (Å²) in [6, 6.07) is 12.5. The van der Waals surface area contributed by atoms with Gasteiger partial charge < -0.3 is 20.3 Å². The topological polar surface area (TPSA) is 53.6 Å². The molecule has 1 aliphatic rings. The van der Waals surface area contributed by atoms with Crippen molar-refractivity contribution < 1.29 is 13.9 Å². The van der Waals surface area contributed by atoms with E-state index in [1.165, 1.54) is 12.1 Å². The van der Waals surface area contributed by atoms with Gasteiger partial charge in [-0.2, -0.15) is 0 Å². The van der Waals surface area contributed by atoms with E-state index in [-0.39, 0.29) is 11.8 Å². The van der Waals surface area contributed by atoms with Gasteiger partial charge in [0.15, 0.2) is 0 Å². The van der Waals surface area contributed by atoms with E-state index in [1.807, 2.05) is 26.0 Å². The van der Waals surface area contributed by atoms with Crippen LogP contribution in [0.2, 0.25) is 0 Å². The lowest BCUT2D eigenvalue weighted by atomic mass is 10.1. The molecule has 0 aliphatic carbocycles. The van der Waals surface area contributed by atoms with Crippen molar-refractivity contribution in [3.8, 4) is 5.75 Å². The molecule has 0 radical (unpaired) electrons. The molecule has 1 fully saturated rings. The Bertz CT molecular complexity index is 775. The van der Waals surface area contributed by atoms with E-state index in [0.29, 0.717) is 25.6 Å². The maximum absolute atomic E-state index is 13.0. The minimum atomic E-state index is -0.223. The second-order valence-electron chi connectivity index (χ2n) is 7.39. The zero-order valence-electron chi connectivity index (χ0n) is 16.5. The van der Waals surface area contributed by atoms with Gasteiger partial charge >= 0.3 is 6.03 Å². The van der Waals surface area contributed by atoms with Crippen LogP contribution in [0.1, 0.15) is 17.5 Å². The zero-order chi connectivity index (χ0) is 19.9. The number of hydrogen-bond acceptors (Lipinski definition) is 3. The molecule has 150 valence electrons. The van der Waals surface area contributed by atoms with Gasteiger partial charge in [-0.25, -0.2) is 9.18 Å². The largest absolute Gasteiger partial charge is 0.492 e. The fourth-order valence-corrected chi connectivity index (χ4v) is 3.53. The molecule has 1 heterocycles. The number of benzene rings is 2. The van der Waals surface area contributed by atoms with E-state index < -0.39 is 0 Å². The molecule has 2 amide bonds. The Kier molecular flexibility index (Phi) is 6.74.